The van der Waals surface area contributed by atoms with Crippen LogP contribution < -0.4 is 0 Å². The van der Waals surface area contributed by atoms with Crippen molar-refractivity contribution in [2.24, 2.45) is 82.3 Å². The highest BCUT2D eigenvalue weighted by Gasteiger charge is 2.84. The molecule has 0 aromatic carbocycles. The molecule has 0 nitrogen and oxygen atoms in total. The molecule has 0 aromatic heterocycles. The van der Waals surface area contributed by atoms with Gasteiger partial charge in [0.2, 0.25) is 0 Å². The van der Waals surface area contributed by atoms with Crippen LogP contribution in [0.25, 0.3) is 0 Å². The second-order valence-corrected chi connectivity index (χ2v) is 11.7. The minimum atomic E-state index is 0.876. The molecular formula is C24H32. The maximum absolute atomic E-state index is 2.70. The minimum Gasteiger partial charge on any atom is -0.0848 e. The third-order valence-electron chi connectivity index (χ3n) is 11.9. The molecule has 128 valence electrons. The Morgan fingerprint density at radius 2 is 1.71 bits per heavy atom. The van der Waals surface area contributed by atoms with E-state index < -0.39 is 0 Å². The number of fused-ring (bicyclic) bond motifs is 13. The summed E-state index contributed by atoms with van der Waals surface area (Å²) in [6.45, 7) is 2.52. The van der Waals surface area contributed by atoms with Gasteiger partial charge in [-0.1, -0.05) is 25.5 Å². The lowest BCUT2D eigenvalue weighted by Crippen LogP contribution is -2.62. The van der Waals surface area contributed by atoms with Crippen LogP contribution in [0.4, 0.5) is 0 Å². The van der Waals surface area contributed by atoms with E-state index in [1.807, 2.05) is 0 Å². The van der Waals surface area contributed by atoms with Gasteiger partial charge in [0.05, 0.1) is 0 Å². The molecule has 8 aliphatic carbocycles. The Balaban J connectivity index is 1.34. The van der Waals surface area contributed by atoms with Gasteiger partial charge in [-0.15, -0.1) is 0 Å². The van der Waals surface area contributed by atoms with E-state index >= 15 is 0 Å². The van der Waals surface area contributed by atoms with Crippen molar-refractivity contribution in [1.82, 2.24) is 0 Å². The zero-order valence-electron chi connectivity index (χ0n) is 15.1. The molecule has 0 heterocycles. The van der Waals surface area contributed by atoms with Gasteiger partial charge in [-0.25, -0.2) is 0 Å². The summed E-state index contributed by atoms with van der Waals surface area (Å²) in [5.74, 6) is 14.9. The number of allylic oxidation sites excluding steroid dienone is 2. The molecule has 0 heteroatoms. The summed E-state index contributed by atoms with van der Waals surface area (Å²) in [6, 6.07) is 0. The highest BCUT2D eigenvalue weighted by Crippen LogP contribution is 2.89. The molecule has 8 aliphatic rings. The van der Waals surface area contributed by atoms with Crippen molar-refractivity contribution in [1.29, 1.82) is 0 Å². The average Bonchev–Trinajstić information content (AvgIpc) is 3.34. The van der Waals surface area contributed by atoms with Crippen LogP contribution in [-0.2, 0) is 0 Å². The van der Waals surface area contributed by atoms with Crippen LogP contribution >= 0.6 is 0 Å². The van der Waals surface area contributed by atoms with Gasteiger partial charge in [0.1, 0.15) is 0 Å². The first-order valence-electron chi connectivity index (χ1n) is 11.5. The van der Waals surface area contributed by atoms with Crippen LogP contribution in [0.3, 0.4) is 0 Å². The van der Waals surface area contributed by atoms with Crippen LogP contribution in [0.2, 0.25) is 0 Å². The fourth-order valence-electron chi connectivity index (χ4n) is 12.2. The minimum absolute atomic E-state index is 0.876. The molecule has 14 unspecified atom stereocenters. The van der Waals surface area contributed by atoms with Gasteiger partial charge in [-0.3, -0.25) is 0 Å². The third kappa shape index (κ3) is 1.06. The Labute approximate surface area is 146 Å². The van der Waals surface area contributed by atoms with E-state index in [0.29, 0.717) is 0 Å². The van der Waals surface area contributed by atoms with Gasteiger partial charge < -0.3 is 0 Å². The van der Waals surface area contributed by atoms with Crippen molar-refractivity contribution >= 4 is 0 Å². The molecule has 8 rings (SSSR count). The van der Waals surface area contributed by atoms with Gasteiger partial charge in [0.25, 0.3) is 0 Å². The largest absolute Gasteiger partial charge is 0.0848 e. The summed E-state index contributed by atoms with van der Waals surface area (Å²) in [4.78, 5) is 0. The van der Waals surface area contributed by atoms with Crippen LogP contribution in [0, 0.1) is 82.3 Å². The quantitative estimate of drug-likeness (QED) is 0.568. The van der Waals surface area contributed by atoms with Crippen molar-refractivity contribution in [3.63, 3.8) is 0 Å². The van der Waals surface area contributed by atoms with E-state index in [-0.39, 0.29) is 0 Å². The summed E-state index contributed by atoms with van der Waals surface area (Å²) < 4.78 is 0. The summed E-state index contributed by atoms with van der Waals surface area (Å²) in [5, 5.41) is 0. The van der Waals surface area contributed by atoms with Crippen LogP contribution in [-0.4, -0.2) is 0 Å². The first-order chi connectivity index (χ1) is 11.8. The summed E-state index contributed by atoms with van der Waals surface area (Å²) in [5.41, 5.74) is 0.876. The molecule has 7 saturated carbocycles. The lowest BCUT2D eigenvalue weighted by atomic mass is 9.39. The molecule has 7 fully saturated rings. The fourth-order valence-corrected chi connectivity index (χ4v) is 12.2. The topological polar surface area (TPSA) is 0 Å². The zero-order chi connectivity index (χ0) is 15.4. The molecule has 0 aliphatic heterocycles. The molecule has 8 bridgehead atoms. The molecule has 0 aromatic rings. The second kappa shape index (κ2) is 3.72. The molecule has 0 N–H and O–H groups in total. The highest BCUT2D eigenvalue weighted by atomic mass is 14.9. The first-order valence-corrected chi connectivity index (χ1v) is 11.5. The molecule has 14 atom stereocenters. The molecule has 0 amide bonds. The Bertz CT molecular complexity index is 661. The van der Waals surface area contributed by atoms with E-state index in [0.717, 1.165) is 46.8 Å². The van der Waals surface area contributed by atoms with Crippen molar-refractivity contribution in [2.75, 3.05) is 0 Å². The highest BCUT2D eigenvalue weighted by molar-refractivity contribution is 5.34. The fraction of sp³-hybridized carbons (Fsp3) is 0.917. The Morgan fingerprint density at radius 1 is 0.792 bits per heavy atom. The van der Waals surface area contributed by atoms with E-state index in [4.69, 9.17) is 0 Å². The predicted octanol–water partition coefficient (Wildman–Crippen LogP) is 5.40. The Hall–Kier alpha value is -0.260. The molecule has 24 heavy (non-hydrogen) atoms. The van der Waals surface area contributed by atoms with Crippen LogP contribution in [0.1, 0.15) is 51.9 Å². The summed E-state index contributed by atoms with van der Waals surface area (Å²) in [7, 11) is 0. The number of rotatable bonds is 1. The summed E-state index contributed by atoms with van der Waals surface area (Å²) >= 11 is 0. The lowest BCUT2D eigenvalue weighted by molar-refractivity contribution is -0.183. The van der Waals surface area contributed by atoms with Gasteiger partial charge in [0, 0.05) is 0 Å². The molecule has 0 saturated heterocycles. The van der Waals surface area contributed by atoms with E-state index in [1.54, 1.807) is 38.5 Å². The van der Waals surface area contributed by atoms with Gasteiger partial charge >= 0.3 is 0 Å². The van der Waals surface area contributed by atoms with E-state index in [9.17, 15) is 0 Å². The van der Waals surface area contributed by atoms with Crippen LogP contribution in [0.5, 0.6) is 0 Å². The average molecular weight is 321 g/mol. The molecular weight excluding hydrogens is 288 g/mol. The smallest absolute Gasteiger partial charge is 0.0190 e. The molecule has 0 radical (unpaired) electrons. The van der Waals surface area contributed by atoms with Gasteiger partial charge in [-0.05, 0) is 121 Å². The van der Waals surface area contributed by atoms with Crippen LogP contribution in [0.15, 0.2) is 12.2 Å². The van der Waals surface area contributed by atoms with Crippen molar-refractivity contribution in [3.8, 4) is 0 Å². The normalized spacial score (nSPS) is 74.5. The first kappa shape index (κ1) is 13.0. The van der Waals surface area contributed by atoms with E-state index in [1.165, 1.54) is 41.9 Å². The van der Waals surface area contributed by atoms with E-state index in [2.05, 4.69) is 19.1 Å². The standard InChI is InChI=1S/C24H32/c1-2-12-5-11-6-15-9-17-22(16(12)7-11)24-10-18(20(15)23(17)24)19-13-3-4-14(8-13)21(19)24/h3-4,11-23H,2,5-10H2,1H3. The maximum Gasteiger partial charge on any atom is -0.0190 e. The van der Waals surface area contributed by atoms with Gasteiger partial charge in [0.15, 0.2) is 0 Å². The number of hydrogen-bond acceptors (Lipinski definition) is 0. The predicted molar refractivity (Wildman–Crippen MR) is 94.9 cm³/mol. The lowest BCUT2D eigenvalue weighted by Gasteiger charge is -2.65. The maximum atomic E-state index is 2.70. The SMILES string of the molecule is CCC1CC2CC3CC4C(C1C2)C12CC(C5C6C=CC(C6)C51)C3C42. The van der Waals surface area contributed by atoms with Crippen molar-refractivity contribution in [2.45, 2.75) is 51.9 Å². The zero-order valence-corrected chi connectivity index (χ0v) is 15.1. The van der Waals surface area contributed by atoms with Gasteiger partial charge in [-0.2, -0.15) is 0 Å². The monoisotopic (exact) mass is 320 g/mol. The van der Waals surface area contributed by atoms with Crippen molar-refractivity contribution < 1.29 is 0 Å². The third-order valence-corrected chi connectivity index (χ3v) is 11.9. The molecule has 1 spiro atoms. The Kier molecular flexibility index (Phi) is 2.01. The second-order valence-electron chi connectivity index (χ2n) is 11.7. The van der Waals surface area contributed by atoms with Crippen molar-refractivity contribution in [3.05, 3.63) is 12.2 Å². The number of hydrogen-bond donors (Lipinski definition) is 0. The Morgan fingerprint density at radius 3 is 2.62 bits per heavy atom. The summed E-state index contributed by atoms with van der Waals surface area (Å²) in [6.07, 6.45) is 16.8.